The lowest BCUT2D eigenvalue weighted by Gasteiger charge is -2.36. The first-order valence-electron chi connectivity index (χ1n) is 12.3. The van der Waals surface area contributed by atoms with Gasteiger partial charge in [0.25, 0.3) is 0 Å². The fourth-order valence-corrected chi connectivity index (χ4v) is 6.06. The molecule has 0 unspecified atom stereocenters. The quantitative estimate of drug-likeness (QED) is 0.199. The number of nitrogens with zero attached hydrogens (tertiary/aromatic N) is 1. The van der Waals surface area contributed by atoms with Gasteiger partial charge in [-0.25, -0.2) is 4.79 Å². The van der Waals surface area contributed by atoms with Crippen LogP contribution in [-0.2, 0) is 19.1 Å². The number of aromatic hydroxyl groups is 1. The number of carbonyl (C=O) groups is 3. The Balaban J connectivity index is 1.88. The smallest absolute Gasteiger partial charge is 0.423 e. The van der Waals surface area contributed by atoms with Crippen LogP contribution in [0, 0.1) is 21.3 Å². The van der Waals surface area contributed by atoms with Crippen molar-refractivity contribution in [3.8, 4) is 11.5 Å². The molecule has 0 bridgehead atoms. The minimum Gasteiger partial charge on any atom is -0.504 e. The van der Waals surface area contributed by atoms with Gasteiger partial charge in [0, 0.05) is 13.0 Å². The Morgan fingerprint density at radius 3 is 2.53 bits per heavy atom. The molecule has 10 nitrogen and oxygen atoms in total. The maximum absolute atomic E-state index is 13.1. The summed E-state index contributed by atoms with van der Waals surface area (Å²) in [5.41, 5.74) is 3.02. The largest absolute Gasteiger partial charge is 0.504 e. The normalized spacial score (nSPS) is 22.6. The number of hydrogen-bond acceptors (Lipinski definition) is 9. The van der Waals surface area contributed by atoms with Gasteiger partial charge in [-0.05, 0) is 77.1 Å². The van der Waals surface area contributed by atoms with Gasteiger partial charge in [-0.3, -0.25) is 9.59 Å². The molecule has 3 amide bonds. The SMILES string of the molecule is CC/C(=C\c1cc(I)c(O)c(OC)c1)CC[C@@H](O)C1=C(COC)C[C@H]2C(=O)N(C(=O)OC)C(=O)[C@H]2[C@H]1CO. The molecule has 2 aliphatic rings. The maximum atomic E-state index is 13.1. The van der Waals surface area contributed by atoms with E-state index >= 15 is 0 Å². The van der Waals surface area contributed by atoms with Crippen LogP contribution in [0.25, 0.3) is 6.08 Å². The molecular formula is C27H34INO9. The van der Waals surface area contributed by atoms with Gasteiger partial charge in [0.2, 0.25) is 11.8 Å². The van der Waals surface area contributed by atoms with E-state index < -0.39 is 48.4 Å². The molecule has 3 rings (SSSR count). The number of likely N-dealkylation sites (tertiary alicyclic amines) is 1. The highest BCUT2D eigenvalue weighted by atomic mass is 127. The van der Waals surface area contributed by atoms with Crippen molar-refractivity contribution >= 4 is 46.6 Å². The molecule has 38 heavy (non-hydrogen) atoms. The van der Waals surface area contributed by atoms with E-state index in [4.69, 9.17) is 9.47 Å². The van der Waals surface area contributed by atoms with Crippen molar-refractivity contribution < 1.29 is 43.9 Å². The van der Waals surface area contributed by atoms with Crippen molar-refractivity contribution in [1.29, 1.82) is 0 Å². The van der Waals surface area contributed by atoms with Gasteiger partial charge in [0.15, 0.2) is 11.5 Å². The first-order valence-corrected chi connectivity index (χ1v) is 13.4. The molecule has 1 aromatic rings. The molecular weight excluding hydrogens is 609 g/mol. The molecule has 3 N–H and O–H groups in total. The Kier molecular flexibility index (Phi) is 10.3. The van der Waals surface area contributed by atoms with Crippen LogP contribution >= 0.6 is 22.6 Å². The fraction of sp³-hybridized carbons (Fsp3) is 0.519. The van der Waals surface area contributed by atoms with Gasteiger partial charge in [0.05, 0.1) is 48.9 Å². The summed E-state index contributed by atoms with van der Waals surface area (Å²) in [6, 6.07) is 3.57. The van der Waals surface area contributed by atoms with Gasteiger partial charge in [-0.2, -0.15) is 4.90 Å². The Morgan fingerprint density at radius 1 is 1.24 bits per heavy atom. The summed E-state index contributed by atoms with van der Waals surface area (Å²) < 4.78 is 15.9. The second-order valence-corrected chi connectivity index (χ2v) is 10.5. The number of aliphatic hydroxyl groups is 2. The first-order chi connectivity index (χ1) is 18.1. The van der Waals surface area contributed by atoms with Crippen molar-refractivity contribution in [3.05, 3.63) is 38.0 Å². The monoisotopic (exact) mass is 643 g/mol. The predicted octanol–water partition coefficient (Wildman–Crippen LogP) is 3.26. The minimum atomic E-state index is -1.06. The predicted molar refractivity (Wildman–Crippen MR) is 146 cm³/mol. The van der Waals surface area contributed by atoms with Gasteiger partial charge < -0.3 is 29.5 Å². The van der Waals surface area contributed by atoms with E-state index in [1.54, 1.807) is 6.07 Å². The molecule has 0 spiro atoms. The summed E-state index contributed by atoms with van der Waals surface area (Å²) >= 11 is 2.03. The van der Waals surface area contributed by atoms with E-state index in [0.717, 1.165) is 18.2 Å². The summed E-state index contributed by atoms with van der Waals surface area (Å²) in [7, 11) is 4.07. The number of ether oxygens (including phenoxy) is 3. The fourth-order valence-electron chi connectivity index (χ4n) is 5.43. The van der Waals surface area contributed by atoms with E-state index in [0.29, 0.717) is 44.6 Å². The number of aliphatic hydroxyl groups excluding tert-OH is 2. The van der Waals surface area contributed by atoms with Crippen LogP contribution in [0.3, 0.4) is 0 Å². The van der Waals surface area contributed by atoms with Crippen LogP contribution in [-0.4, -0.2) is 78.8 Å². The summed E-state index contributed by atoms with van der Waals surface area (Å²) in [6.45, 7) is 1.65. The minimum absolute atomic E-state index is 0.0766. The molecule has 0 saturated carbocycles. The number of phenols is 1. The second-order valence-electron chi connectivity index (χ2n) is 9.36. The lowest BCUT2D eigenvalue weighted by molar-refractivity contribution is -0.137. The Bertz CT molecular complexity index is 1150. The van der Waals surface area contributed by atoms with E-state index in [9.17, 15) is 29.7 Å². The molecule has 1 aliphatic heterocycles. The third kappa shape index (κ3) is 5.90. The van der Waals surface area contributed by atoms with Gasteiger partial charge in [0.1, 0.15) is 0 Å². The van der Waals surface area contributed by atoms with Crippen molar-refractivity contribution in [2.24, 2.45) is 17.8 Å². The highest BCUT2D eigenvalue weighted by molar-refractivity contribution is 14.1. The second kappa shape index (κ2) is 13.0. The van der Waals surface area contributed by atoms with E-state index in [2.05, 4.69) is 4.74 Å². The average Bonchev–Trinajstić information content (AvgIpc) is 3.16. The lowest BCUT2D eigenvalue weighted by atomic mass is 9.68. The zero-order valence-electron chi connectivity index (χ0n) is 21.9. The van der Waals surface area contributed by atoms with Crippen LogP contribution in [0.1, 0.15) is 38.2 Å². The Hall–Kier alpha value is -2.48. The molecule has 1 aromatic carbocycles. The number of phenolic OH excluding ortho intramolecular Hbond substituents is 1. The molecule has 1 aliphatic carbocycles. The first kappa shape index (κ1) is 30.1. The van der Waals surface area contributed by atoms with E-state index in [-0.39, 0.29) is 18.8 Å². The molecule has 1 fully saturated rings. The van der Waals surface area contributed by atoms with Crippen LogP contribution < -0.4 is 4.74 Å². The molecule has 4 atom stereocenters. The number of methoxy groups -OCH3 is 3. The summed E-state index contributed by atoms with van der Waals surface area (Å²) in [6.07, 6.45) is 1.61. The van der Waals surface area contributed by atoms with E-state index in [1.165, 1.54) is 14.2 Å². The van der Waals surface area contributed by atoms with Crippen molar-refractivity contribution in [2.45, 2.75) is 38.7 Å². The highest BCUT2D eigenvalue weighted by Gasteiger charge is 2.57. The van der Waals surface area contributed by atoms with Crippen molar-refractivity contribution in [1.82, 2.24) is 4.90 Å². The van der Waals surface area contributed by atoms with Crippen molar-refractivity contribution in [3.63, 3.8) is 0 Å². The molecule has 0 aromatic heterocycles. The number of halogens is 1. The number of rotatable bonds is 10. The van der Waals surface area contributed by atoms with Crippen LogP contribution in [0.5, 0.6) is 11.5 Å². The van der Waals surface area contributed by atoms with Gasteiger partial charge in [-0.15, -0.1) is 0 Å². The van der Waals surface area contributed by atoms with Crippen LogP contribution in [0.4, 0.5) is 4.79 Å². The Morgan fingerprint density at radius 2 is 1.95 bits per heavy atom. The van der Waals surface area contributed by atoms with Crippen LogP contribution in [0.2, 0.25) is 0 Å². The average molecular weight is 643 g/mol. The molecule has 11 heteroatoms. The number of hydrogen-bond donors (Lipinski definition) is 3. The number of benzene rings is 1. The van der Waals surface area contributed by atoms with Crippen molar-refractivity contribution in [2.75, 3.05) is 34.5 Å². The highest BCUT2D eigenvalue weighted by Crippen LogP contribution is 2.46. The maximum Gasteiger partial charge on any atom is 0.423 e. The number of fused-ring (bicyclic) bond motifs is 1. The standard InChI is InChI=1S/C27H34INO9/c1-5-14(8-15-9-19(28)24(32)21(10-15)37-3)6-7-20(31)22-16(13-36-2)11-17-23(18(22)12-30)26(34)29(25(17)33)27(35)38-4/h8-10,17-18,20,23,30-32H,5-7,11-13H2,1-4H3/b14-8+/t17-,18+,20-,23-/m1/s1. The molecule has 1 saturated heterocycles. The number of imide groups is 3. The number of allylic oxidation sites excluding steroid dienone is 1. The third-order valence-electron chi connectivity index (χ3n) is 7.25. The van der Waals surface area contributed by atoms with Gasteiger partial charge >= 0.3 is 6.09 Å². The zero-order valence-corrected chi connectivity index (χ0v) is 24.1. The summed E-state index contributed by atoms with van der Waals surface area (Å²) in [5.74, 6) is -3.58. The summed E-state index contributed by atoms with van der Waals surface area (Å²) in [4.78, 5) is 38.6. The Labute approximate surface area is 235 Å². The number of amides is 3. The molecule has 1 heterocycles. The number of carbonyl (C=O) groups excluding carboxylic acids is 3. The van der Waals surface area contributed by atoms with Gasteiger partial charge in [-0.1, -0.05) is 18.6 Å². The zero-order chi connectivity index (χ0) is 28.1. The third-order valence-corrected chi connectivity index (χ3v) is 8.07. The topological polar surface area (TPSA) is 143 Å². The molecule has 208 valence electrons. The molecule has 0 radical (unpaired) electrons. The summed E-state index contributed by atoms with van der Waals surface area (Å²) in [5, 5.41) is 31.8. The van der Waals surface area contributed by atoms with E-state index in [1.807, 2.05) is 41.7 Å². The van der Waals surface area contributed by atoms with Crippen LogP contribution in [0.15, 0.2) is 28.9 Å². The lowest BCUT2D eigenvalue weighted by Crippen LogP contribution is -2.40.